The summed E-state index contributed by atoms with van der Waals surface area (Å²) in [5.74, 6) is -2.92. The maximum atomic E-state index is 14.6. The minimum Gasteiger partial charge on any atom is -0.361 e. The number of halogens is 5. The minimum atomic E-state index is -2.69. The van der Waals surface area contributed by atoms with Crippen LogP contribution in [0.5, 0.6) is 0 Å². The standard InChI is InChI=1S/C20H19F5N6O/c21-11-1-3-26-7-14(11)29-19-13(23)6-12(22)18(30-19)15-8-27-17-5-10(2-4-31(15)17)20(32)28-9-16(24)25/h2,4-6,8,11,14,16,26H,1,3,7,9H2,(H,28,32)(H,29,30)/t11-,14-/m1/s1. The van der Waals surface area contributed by atoms with Crippen molar-refractivity contribution in [3.63, 3.8) is 0 Å². The van der Waals surface area contributed by atoms with Crippen LogP contribution in [0.4, 0.5) is 27.8 Å². The van der Waals surface area contributed by atoms with Gasteiger partial charge in [0.2, 0.25) is 0 Å². The van der Waals surface area contributed by atoms with E-state index in [9.17, 15) is 26.7 Å². The molecule has 3 aromatic rings. The molecule has 7 nitrogen and oxygen atoms in total. The first-order valence-corrected chi connectivity index (χ1v) is 9.84. The van der Waals surface area contributed by atoms with Crippen molar-refractivity contribution in [2.75, 3.05) is 25.0 Å². The van der Waals surface area contributed by atoms with E-state index in [0.29, 0.717) is 12.6 Å². The van der Waals surface area contributed by atoms with E-state index in [2.05, 4.69) is 25.9 Å². The van der Waals surface area contributed by atoms with Crippen LogP contribution in [0.25, 0.3) is 17.0 Å². The Balaban J connectivity index is 1.64. The monoisotopic (exact) mass is 454 g/mol. The summed E-state index contributed by atoms with van der Waals surface area (Å²) in [5, 5.41) is 7.77. The number of imidazole rings is 1. The molecule has 1 saturated heterocycles. The van der Waals surface area contributed by atoms with Crippen LogP contribution in [-0.4, -0.2) is 58.5 Å². The van der Waals surface area contributed by atoms with Crippen molar-refractivity contribution >= 4 is 17.4 Å². The predicted molar refractivity (Wildman–Crippen MR) is 106 cm³/mol. The number of piperidine rings is 1. The fraction of sp³-hybridized carbons (Fsp3) is 0.350. The van der Waals surface area contributed by atoms with Gasteiger partial charge in [-0.1, -0.05) is 0 Å². The fourth-order valence-electron chi connectivity index (χ4n) is 3.46. The number of rotatable bonds is 6. The molecule has 1 amide bonds. The minimum absolute atomic E-state index is 0.0870. The number of hydrogen-bond donors (Lipinski definition) is 3. The topological polar surface area (TPSA) is 83.4 Å². The lowest BCUT2D eigenvalue weighted by atomic mass is 10.1. The zero-order valence-corrected chi connectivity index (χ0v) is 16.6. The Kier molecular flexibility index (Phi) is 6.21. The van der Waals surface area contributed by atoms with Crippen LogP contribution < -0.4 is 16.0 Å². The van der Waals surface area contributed by atoms with Crippen molar-refractivity contribution < 1.29 is 26.7 Å². The van der Waals surface area contributed by atoms with Gasteiger partial charge in [0.25, 0.3) is 12.3 Å². The summed E-state index contributed by atoms with van der Waals surface area (Å²) < 4.78 is 69.0. The zero-order valence-electron chi connectivity index (χ0n) is 16.6. The molecule has 170 valence electrons. The number of aromatic nitrogens is 3. The van der Waals surface area contributed by atoms with Gasteiger partial charge in [0.05, 0.1) is 24.5 Å². The van der Waals surface area contributed by atoms with Gasteiger partial charge >= 0.3 is 0 Å². The Hall–Kier alpha value is -3.28. The van der Waals surface area contributed by atoms with Crippen LogP contribution in [0.2, 0.25) is 0 Å². The van der Waals surface area contributed by atoms with Crippen LogP contribution in [0.3, 0.4) is 0 Å². The van der Waals surface area contributed by atoms with Gasteiger partial charge in [-0.25, -0.2) is 31.9 Å². The highest BCUT2D eigenvalue weighted by molar-refractivity contribution is 5.95. The lowest BCUT2D eigenvalue weighted by Gasteiger charge is -2.28. The van der Waals surface area contributed by atoms with Crippen molar-refractivity contribution in [1.82, 2.24) is 25.0 Å². The molecule has 32 heavy (non-hydrogen) atoms. The Morgan fingerprint density at radius 1 is 1.28 bits per heavy atom. The van der Waals surface area contributed by atoms with E-state index in [4.69, 9.17) is 0 Å². The molecule has 12 heteroatoms. The molecule has 0 bridgehead atoms. The molecule has 3 N–H and O–H groups in total. The summed E-state index contributed by atoms with van der Waals surface area (Å²) >= 11 is 0. The molecule has 1 aliphatic rings. The molecule has 0 unspecified atom stereocenters. The Bertz CT molecular complexity index is 1140. The summed E-state index contributed by atoms with van der Waals surface area (Å²) in [4.78, 5) is 20.1. The van der Waals surface area contributed by atoms with Crippen LogP contribution in [-0.2, 0) is 0 Å². The molecule has 1 aliphatic heterocycles. The fourth-order valence-corrected chi connectivity index (χ4v) is 3.46. The largest absolute Gasteiger partial charge is 0.361 e. The van der Waals surface area contributed by atoms with E-state index in [-0.39, 0.29) is 41.4 Å². The molecule has 1 fully saturated rings. The molecular formula is C20H19F5N6O. The molecule has 2 atom stereocenters. The van der Waals surface area contributed by atoms with Crippen LogP contribution >= 0.6 is 0 Å². The summed E-state index contributed by atoms with van der Waals surface area (Å²) in [6.07, 6.45) is -0.962. The molecule has 0 saturated carbocycles. The van der Waals surface area contributed by atoms with E-state index < -0.39 is 42.7 Å². The number of hydrogen-bond acceptors (Lipinski definition) is 5. The maximum Gasteiger partial charge on any atom is 0.255 e. The molecule has 0 aromatic carbocycles. The number of nitrogens with one attached hydrogen (secondary N) is 3. The van der Waals surface area contributed by atoms with E-state index in [0.717, 1.165) is 0 Å². The summed E-state index contributed by atoms with van der Waals surface area (Å²) in [6.45, 7) is -0.0185. The zero-order chi connectivity index (χ0) is 22.8. The summed E-state index contributed by atoms with van der Waals surface area (Å²) in [6, 6.07) is 2.62. The highest BCUT2D eigenvalue weighted by atomic mass is 19.3. The van der Waals surface area contributed by atoms with Crippen LogP contribution in [0, 0.1) is 11.6 Å². The van der Waals surface area contributed by atoms with Gasteiger partial charge < -0.3 is 16.0 Å². The van der Waals surface area contributed by atoms with Gasteiger partial charge in [-0.3, -0.25) is 9.20 Å². The second-order valence-electron chi connectivity index (χ2n) is 7.30. The van der Waals surface area contributed by atoms with Gasteiger partial charge in [-0.2, -0.15) is 0 Å². The quantitative estimate of drug-likeness (QED) is 0.499. The molecule has 4 rings (SSSR count). The van der Waals surface area contributed by atoms with Crippen molar-refractivity contribution in [1.29, 1.82) is 0 Å². The third-order valence-corrected chi connectivity index (χ3v) is 5.08. The summed E-state index contributed by atoms with van der Waals surface area (Å²) in [7, 11) is 0. The number of alkyl halides is 3. The number of fused-ring (bicyclic) bond motifs is 1. The summed E-state index contributed by atoms with van der Waals surface area (Å²) in [5.41, 5.74) is 0.253. The molecule has 0 radical (unpaired) electrons. The Labute approximate surface area is 179 Å². The highest BCUT2D eigenvalue weighted by Gasteiger charge is 2.26. The Morgan fingerprint density at radius 2 is 2.09 bits per heavy atom. The number of carbonyl (C=O) groups excluding carboxylic acids is 1. The van der Waals surface area contributed by atoms with E-state index in [1.165, 1.54) is 28.9 Å². The number of pyridine rings is 2. The molecule has 0 aliphatic carbocycles. The van der Waals surface area contributed by atoms with Gasteiger partial charge in [0.15, 0.2) is 17.5 Å². The number of amides is 1. The second kappa shape index (κ2) is 9.07. The average Bonchev–Trinajstić information content (AvgIpc) is 3.18. The lowest BCUT2D eigenvalue weighted by molar-refractivity contribution is 0.0891. The van der Waals surface area contributed by atoms with Crippen LogP contribution in [0.15, 0.2) is 30.6 Å². The normalized spacial score (nSPS) is 18.8. The van der Waals surface area contributed by atoms with E-state index in [1.54, 1.807) is 0 Å². The van der Waals surface area contributed by atoms with Gasteiger partial charge in [-0.15, -0.1) is 0 Å². The van der Waals surface area contributed by atoms with Gasteiger partial charge in [-0.05, 0) is 25.1 Å². The smallest absolute Gasteiger partial charge is 0.255 e. The lowest BCUT2D eigenvalue weighted by Crippen LogP contribution is -2.46. The molecule has 0 spiro atoms. The number of carbonyl (C=O) groups is 1. The van der Waals surface area contributed by atoms with E-state index in [1.807, 2.05) is 0 Å². The van der Waals surface area contributed by atoms with Crippen molar-refractivity contribution in [2.45, 2.75) is 25.1 Å². The predicted octanol–water partition coefficient (Wildman–Crippen LogP) is 2.78. The molecule has 3 aromatic heterocycles. The molecular weight excluding hydrogens is 435 g/mol. The maximum absolute atomic E-state index is 14.6. The third kappa shape index (κ3) is 4.49. The average molecular weight is 454 g/mol. The second-order valence-corrected chi connectivity index (χ2v) is 7.30. The Morgan fingerprint density at radius 3 is 2.84 bits per heavy atom. The van der Waals surface area contributed by atoms with Gasteiger partial charge in [0.1, 0.15) is 17.5 Å². The van der Waals surface area contributed by atoms with Crippen molar-refractivity contribution in [2.24, 2.45) is 0 Å². The number of anilines is 1. The first-order chi connectivity index (χ1) is 15.3. The van der Waals surface area contributed by atoms with Crippen molar-refractivity contribution in [3.05, 3.63) is 47.8 Å². The number of nitrogens with zero attached hydrogens (tertiary/aromatic N) is 3. The SMILES string of the molecule is O=C(NCC(F)F)c1ccn2c(-c3nc(N[C@@H]4CNCC[C@H]4F)c(F)cc3F)cnc2c1. The first-order valence-electron chi connectivity index (χ1n) is 9.84. The first kappa shape index (κ1) is 21.9. The third-order valence-electron chi connectivity index (χ3n) is 5.08. The van der Waals surface area contributed by atoms with E-state index >= 15 is 0 Å². The van der Waals surface area contributed by atoms with Crippen molar-refractivity contribution in [3.8, 4) is 11.4 Å². The van der Waals surface area contributed by atoms with Gasteiger partial charge in [0, 0.05) is 24.4 Å². The van der Waals surface area contributed by atoms with Crippen LogP contribution in [0.1, 0.15) is 16.8 Å². The highest BCUT2D eigenvalue weighted by Crippen LogP contribution is 2.27. The molecule has 4 heterocycles.